The van der Waals surface area contributed by atoms with Gasteiger partial charge in [0, 0.05) is 0 Å². The molecule has 2 rings (SSSR count). The maximum atomic E-state index is 10.8. The van der Waals surface area contributed by atoms with Gasteiger partial charge in [-0.15, -0.1) is 0 Å². The Labute approximate surface area is 139 Å². The molecule has 0 spiro atoms. The Morgan fingerprint density at radius 3 is 1.25 bits per heavy atom. The van der Waals surface area contributed by atoms with Crippen molar-refractivity contribution < 1.29 is 29.3 Å². The van der Waals surface area contributed by atoms with E-state index in [1.54, 1.807) is 24.3 Å². The van der Waals surface area contributed by atoms with Gasteiger partial charge >= 0.3 is 11.9 Å². The molecule has 6 heteroatoms. The molecule has 126 valence electrons. The smallest absolute Gasteiger partial charge is 0.335 e. The summed E-state index contributed by atoms with van der Waals surface area (Å²) in [5.74, 6) is -0.888. The number of carboxylic acid groups (broad SMARTS) is 2. The van der Waals surface area contributed by atoms with Gasteiger partial charge in [0.15, 0.2) is 0 Å². The predicted octanol–water partition coefficient (Wildman–Crippen LogP) is 3.32. The van der Waals surface area contributed by atoms with Crippen LogP contribution >= 0.6 is 0 Å². The summed E-state index contributed by atoms with van der Waals surface area (Å²) in [6.07, 6.45) is -0.584. The fourth-order valence-electron chi connectivity index (χ4n) is 1.97. The maximum absolute atomic E-state index is 10.8. The largest absolute Gasteiger partial charge is 0.487 e. The summed E-state index contributed by atoms with van der Waals surface area (Å²) >= 11 is 0. The van der Waals surface area contributed by atoms with E-state index in [4.69, 9.17) is 19.7 Å². The van der Waals surface area contributed by atoms with Crippen molar-refractivity contribution in [3.63, 3.8) is 0 Å². The van der Waals surface area contributed by atoms with Crippen LogP contribution in [0.15, 0.2) is 48.5 Å². The lowest BCUT2D eigenvalue weighted by atomic mass is 10.2. The van der Waals surface area contributed by atoms with E-state index >= 15 is 0 Å². The number of rotatable bonds is 7. The minimum atomic E-state index is -0.990. The molecule has 2 unspecified atom stereocenters. The molecule has 2 N–H and O–H groups in total. The van der Waals surface area contributed by atoms with Crippen LogP contribution in [-0.2, 0) is 0 Å². The van der Waals surface area contributed by atoms with Gasteiger partial charge < -0.3 is 19.7 Å². The molecule has 0 amide bonds. The quantitative estimate of drug-likeness (QED) is 0.809. The van der Waals surface area contributed by atoms with Crippen molar-refractivity contribution in [1.29, 1.82) is 0 Å². The number of aromatic carboxylic acids is 2. The van der Waals surface area contributed by atoms with Crippen molar-refractivity contribution in [2.45, 2.75) is 26.1 Å². The second kappa shape index (κ2) is 7.50. The lowest BCUT2D eigenvalue weighted by Crippen LogP contribution is -2.31. The number of ether oxygens (including phenoxy) is 2. The first-order chi connectivity index (χ1) is 11.4. The molecular formula is C18H18O6. The second-order valence-electron chi connectivity index (χ2n) is 5.30. The maximum Gasteiger partial charge on any atom is 0.335 e. The zero-order chi connectivity index (χ0) is 17.7. The molecule has 6 nitrogen and oxygen atoms in total. The van der Waals surface area contributed by atoms with E-state index in [-0.39, 0.29) is 23.3 Å². The molecule has 24 heavy (non-hydrogen) atoms. The molecule has 0 bridgehead atoms. The third-order valence-electron chi connectivity index (χ3n) is 3.51. The minimum absolute atomic E-state index is 0.192. The number of benzene rings is 2. The molecule has 2 atom stereocenters. The summed E-state index contributed by atoms with van der Waals surface area (Å²) in [5.41, 5.74) is 0.385. The fourth-order valence-corrected chi connectivity index (χ4v) is 1.97. The Morgan fingerprint density at radius 1 is 0.708 bits per heavy atom. The molecule has 0 radical (unpaired) electrons. The highest BCUT2D eigenvalue weighted by Crippen LogP contribution is 2.19. The molecule has 0 aliphatic rings. The van der Waals surface area contributed by atoms with E-state index < -0.39 is 11.9 Å². The highest BCUT2D eigenvalue weighted by atomic mass is 16.5. The Kier molecular flexibility index (Phi) is 5.42. The van der Waals surface area contributed by atoms with Crippen molar-refractivity contribution in [1.82, 2.24) is 0 Å². The first kappa shape index (κ1) is 17.3. The summed E-state index contributed by atoms with van der Waals surface area (Å²) in [5, 5.41) is 17.7. The highest BCUT2D eigenvalue weighted by molar-refractivity contribution is 5.88. The Hall–Kier alpha value is -3.02. The van der Waals surface area contributed by atoms with Gasteiger partial charge in [-0.05, 0) is 62.4 Å². The Morgan fingerprint density at radius 2 is 1.00 bits per heavy atom. The van der Waals surface area contributed by atoms with Crippen LogP contribution in [0.1, 0.15) is 34.6 Å². The zero-order valence-corrected chi connectivity index (χ0v) is 13.3. The molecule has 0 aromatic heterocycles. The summed E-state index contributed by atoms with van der Waals surface area (Å²) in [6, 6.07) is 12.3. The molecule has 0 saturated heterocycles. The van der Waals surface area contributed by atoms with Gasteiger partial charge in [0.25, 0.3) is 0 Å². The number of hydrogen-bond donors (Lipinski definition) is 2. The van der Waals surface area contributed by atoms with Gasteiger partial charge in [0.2, 0.25) is 0 Å². The van der Waals surface area contributed by atoms with Gasteiger partial charge in [-0.3, -0.25) is 0 Å². The molecular weight excluding hydrogens is 312 g/mol. The normalized spacial score (nSPS) is 12.9. The first-order valence-corrected chi connectivity index (χ1v) is 7.37. The third kappa shape index (κ3) is 4.49. The van der Waals surface area contributed by atoms with E-state index in [1.807, 2.05) is 13.8 Å². The van der Waals surface area contributed by atoms with Crippen molar-refractivity contribution in [3.05, 3.63) is 59.7 Å². The third-order valence-corrected chi connectivity index (χ3v) is 3.51. The van der Waals surface area contributed by atoms with Gasteiger partial charge in [0.05, 0.1) is 11.1 Å². The second-order valence-corrected chi connectivity index (χ2v) is 5.30. The topological polar surface area (TPSA) is 93.1 Å². The minimum Gasteiger partial charge on any atom is -0.487 e. The monoisotopic (exact) mass is 330 g/mol. The number of hydrogen-bond acceptors (Lipinski definition) is 4. The van der Waals surface area contributed by atoms with Crippen LogP contribution in [0.3, 0.4) is 0 Å². The lowest BCUT2D eigenvalue weighted by Gasteiger charge is -2.23. The van der Waals surface area contributed by atoms with Gasteiger partial charge in [0.1, 0.15) is 23.7 Å². The predicted molar refractivity (Wildman–Crippen MR) is 87.0 cm³/mol. The molecule has 0 heterocycles. The zero-order valence-electron chi connectivity index (χ0n) is 13.3. The summed E-state index contributed by atoms with van der Waals surface area (Å²) in [6.45, 7) is 3.67. The van der Waals surface area contributed by atoms with Gasteiger partial charge in [-0.25, -0.2) is 9.59 Å². The van der Waals surface area contributed by atoms with E-state index in [9.17, 15) is 9.59 Å². The van der Waals surface area contributed by atoms with E-state index in [0.717, 1.165) is 0 Å². The molecule has 0 aliphatic heterocycles. The summed E-state index contributed by atoms with van der Waals surface area (Å²) in [4.78, 5) is 21.6. The molecule has 2 aromatic carbocycles. The SMILES string of the molecule is CC(Oc1ccc(C(=O)O)cc1)C(C)Oc1ccc(C(=O)O)cc1. The van der Waals surface area contributed by atoms with Gasteiger partial charge in [-0.1, -0.05) is 0 Å². The summed E-state index contributed by atoms with van der Waals surface area (Å²) in [7, 11) is 0. The van der Waals surface area contributed by atoms with Crippen LogP contribution < -0.4 is 9.47 Å². The summed E-state index contributed by atoms with van der Waals surface area (Å²) < 4.78 is 11.5. The van der Waals surface area contributed by atoms with Gasteiger partial charge in [-0.2, -0.15) is 0 Å². The fraction of sp³-hybridized carbons (Fsp3) is 0.222. The Balaban J connectivity index is 1.94. The lowest BCUT2D eigenvalue weighted by molar-refractivity contribution is 0.0683. The van der Waals surface area contributed by atoms with Crippen LogP contribution in [0.5, 0.6) is 11.5 Å². The van der Waals surface area contributed by atoms with Crippen molar-refractivity contribution in [2.75, 3.05) is 0 Å². The van der Waals surface area contributed by atoms with Crippen molar-refractivity contribution in [3.8, 4) is 11.5 Å². The molecule has 2 aromatic rings. The molecule has 0 saturated carbocycles. The average molecular weight is 330 g/mol. The van der Waals surface area contributed by atoms with Crippen LogP contribution in [0.2, 0.25) is 0 Å². The van der Waals surface area contributed by atoms with E-state index in [2.05, 4.69) is 0 Å². The van der Waals surface area contributed by atoms with Crippen LogP contribution in [0.4, 0.5) is 0 Å². The number of carboxylic acids is 2. The van der Waals surface area contributed by atoms with Crippen molar-refractivity contribution in [2.24, 2.45) is 0 Å². The average Bonchev–Trinajstić information content (AvgIpc) is 2.55. The Bertz CT molecular complexity index is 642. The van der Waals surface area contributed by atoms with Crippen LogP contribution in [0, 0.1) is 0 Å². The van der Waals surface area contributed by atoms with Crippen LogP contribution in [-0.4, -0.2) is 34.4 Å². The van der Waals surface area contributed by atoms with E-state index in [1.165, 1.54) is 24.3 Å². The van der Waals surface area contributed by atoms with E-state index in [0.29, 0.717) is 11.5 Å². The van der Waals surface area contributed by atoms with Crippen molar-refractivity contribution >= 4 is 11.9 Å². The molecule has 0 aliphatic carbocycles. The molecule has 0 fully saturated rings. The standard InChI is InChI=1S/C18H18O6/c1-11(23-15-7-3-13(4-8-15)17(19)20)12(2)24-16-9-5-14(6-10-16)18(21)22/h3-12H,1-2H3,(H,19,20)(H,21,22). The first-order valence-electron chi connectivity index (χ1n) is 7.37. The number of carbonyl (C=O) groups is 2. The van der Waals surface area contributed by atoms with Crippen LogP contribution in [0.25, 0.3) is 0 Å². The highest BCUT2D eigenvalue weighted by Gasteiger charge is 2.16.